The van der Waals surface area contributed by atoms with Crippen LogP contribution in [0.15, 0.2) is 43.0 Å². The predicted molar refractivity (Wildman–Crippen MR) is 72.3 cm³/mol. The summed E-state index contributed by atoms with van der Waals surface area (Å²) in [4.78, 5) is 12.3. The Kier molecular flexibility index (Phi) is 3.85. The molecule has 96 valence electrons. The van der Waals surface area contributed by atoms with Crippen molar-refractivity contribution in [1.29, 1.82) is 0 Å². The summed E-state index contributed by atoms with van der Waals surface area (Å²) >= 11 is 0. The fourth-order valence-electron chi connectivity index (χ4n) is 2.76. The van der Waals surface area contributed by atoms with Gasteiger partial charge in [-0.25, -0.2) is 0 Å². The molecule has 1 aromatic carbocycles. The van der Waals surface area contributed by atoms with Crippen LogP contribution in [0.2, 0.25) is 0 Å². The molecule has 1 saturated carbocycles. The molecular formula is C16H20O2. The summed E-state index contributed by atoms with van der Waals surface area (Å²) in [5.41, 5.74) is 0.675. The Morgan fingerprint density at radius 1 is 1.44 bits per heavy atom. The quantitative estimate of drug-likeness (QED) is 0.585. The first-order valence-electron chi connectivity index (χ1n) is 6.56. The predicted octanol–water partition coefficient (Wildman–Crippen LogP) is 3.47. The Balaban J connectivity index is 2.20. The van der Waals surface area contributed by atoms with Crippen LogP contribution in [0, 0.1) is 5.92 Å². The van der Waals surface area contributed by atoms with Crippen molar-refractivity contribution in [2.24, 2.45) is 5.92 Å². The van der Waals surface area contributed by atoms with Crippen LogP contribution in [0.5, 0.6) is 0 Å². The van der Waals surface area contributed by atoms with Gasteiger partial charge in [-0.1, -0.05) is 56.3 Å². The molecule has 2 heteroatoms. The van der Waals surface area contributed by atoms with Gasteiger partial charge in [0.25, 0.3) is 0 Å². The number of esters is 1. The summed E-state index contributed by atoms with van der Waals surface area (Å²) in [6.07, 6.45) is 4.56. The van der Waals surface area contributed by atoms with E-state index in [9.17, 15) is 4.79 Å². The molecular weight excluding hydrogens is 224 g/mol. The highest BCUT2D eigenvalue weighted by atomic mass is 16.5. The molecule has 1 aromatic rings. The lowest BCUT2D eigenvalue weighted by atomic mass is 9.58. The Morgan fingerprint density at radius 3 is 2.67 bits per heavy atom. The highest BCUT2D eigenvalue weighted by Gasteiger charge is 2.51. The molecule has 0 N–H and O–H groups in total. The maximum atomic E-state index is 12.3. The van der Waals surface area contributed by atoms with Crippen LogP contribution in [-0.4, -0.2) is 12.6 Å². The molecule has 1 aliphatic rings. The molecule has 2 rings (SSSR count). The van der Waals surface area contributed by atoms with Gasteiger partial charge in [0.1, 0.15) is 6.61 Å². The van der Waals surface area contributed by atoms with E-state index in [4.69, 9.17) is 4.74 Å². The van der Waals surface area contributed by atoms with Gasteiger partial charge in [0, 0.05) is 0 Å². The molecule has 0 spiro atoms. The van der Waals surface area contributed by atoms with E-state index in [1.165, 1.54) is 0 Å². The van der Waals surface area contributed by atoms with E-state index < -0.39 is 5.41 Å². The second kappa shape index (κ2) is 5.38. The van der Waals surface area contributed by atoms with Gasteiger partial charge >= 0.3 is 5.97 Å². The van der Waals surface area contributed by atoms with E-state index in [1.807, 2.05) is 30.3 Å². The van der Waals surface area contributed by atoms with Crippen molar-refractivity contribution < 1.29 is 9.53 Å². The maximum Gasteiger partial charge on any atom is 0.316 e. The molecule has 1 fully saturated rings. The lowest BCUT2D eigenvalue weighted by molar-refractivity contribution is -0.155. The fourth-order valence-corrected chi connectivity index (χ4v) is 2.76. The first-order chi connectivity index (χ1) is 8.73. The number of carbonyl (C=O) groups is 1. The number of hydrogen-bond acceptors (Lipinski definition) is 2. The Bertz CT molecular complexity index is 416. The number of hydrogen-bond donors (Lipinski definition) is 0. The smallest absolute Gasteiger partial charge is 0.316 e. The molecule has 0 heterocycles. The lowest BCUT2D eigenvalue weighted by Crippen LogP contribution is -2.48. The van der Waals surface area contributed by atoms with Crippen molar-refractivity contribution in [3.8, 4) is 0 Å². The molecule has 0 radical (unpaired) electrons. The minimum absolute atomic E-state index is 0.0988. The van der Waals surface area contributed by atoms with E-state index in [0.29, 0.717) is 12.5 Å². The molecule has 0 aliphatic heterocycles. The number of carbonyl (C=O) groups excluding carboxylic acids is 1. The minimum Gasteiger partial charge on any atom is -0.461 e. The van der Waals surface area contributed by atoms with Crippen LogP contribution in [0.25, 0.3) is 0 Å². The van der Waals surface area contributed by atoms with Crippen LogP contribution in [0.3, 0.4) is 0 Å². The summed E-state index contributed by atoms with van der Waals surface area (Å²) in [7, 11) is 0. The third-order valence-electron chi connectivity index (χ3n) is 3.90. The molecule has 0 aromatic heterocycles. The van der Waals surface area contributed by atoms with Gasteiger partial charge in [-0.05, 0) is 24.3 Å². The van der Waals surface area contributed by atoms with E-state index in [1.54, 1.807) is 6.08 Å². The highest BCUT2D eigenvalue weighted by Crippen LogP contribution is 2.49. The fraction of sp³-hybridized carbons (Fsp3) is 0.438. The van der Waals surface area contributed by atoms with Crippen molar-refractivity contribution in [1.82, 2.24) is 0 Å². The van der Waals surface area contributed by atoms with Gasteiger partial charge in [0.15, 0.2) is 0 Å². The van der Waals surface area contributed by atoms with Gasteiger partial charge in [-0.2, -0.15) is 0 Å². The zero-order chi connectivity index (χ0) is 13.0. The van der Waals surface area contributed by atoms with E-state index in [0.717, 1.165) is 24.8 Å². The standard InChI is InChI=1S/C16H20O2/c1-3-10-18-15(17)16(11-13(4-2)12-16)14-8-6-5-7-9-14/h3,5-9,13H,1,4,10-12H2,2H3/t13-,16-. The second-order valence-corrected chi connectivity index (χ2v) is 5.02. The minimum atomic E-state index is -0.412. The Labute approximate surface area is 109 Å². The van der Waals surface area contributed by atoms with Crippen molar-refractivity contribution in [3.05, 3.63) is 48.6 Å². The molecule has 0 amide bonds. The van der Waals surface area contributed by atoms with Crippen molar-refractivity contribution in [3.63, 3.8) is 0 Å². The largest absolute Gasteiger partial charge is 0.461 e. The first-order valence-corrected chi connectivity index (χ1v) is 6.56. The van der Waals surface area contributed by atoms with Crippen molar-refractivity contribution in [2.75, 3.05) is 6.61 Å². The van der Waals surface area contributed by atoms with Gasteiger partial charge in [-0.15, -0.1) is 0 Å². The van der Waals surface area contributed by atoms with E-state index >= 15 is 0 Å². The second-order valence-electron chi connectivity index (χ2n) is 5.02. The van der Waals surface area contributed by atoms with Crippen molar-refractivity contribution >= 4 is 5.97 Å². The summed E-state index contributed by atoms with van der Waals surface area (Å²) in [6.45, 7) is 6.06. The molecule has 18 heavy (non-hydrogen) atoms. The molecule has 0 unspecified atom stereocenters. The summed E-state index contributed by atoms with van der Waals surface area (Å²) in [6, 6.07) is 10.00. The summed E-state index contributed by atoms with van der Waals surface area (Å²) in [5, 5.41) is 0. The van der Waals surface area contributed by atoms with Crippen LogP contribution in [0.1, 0.15) is 31.7 Å². The van der Waals surface area contributed by atoms with Crippen molar-refractivity contribution in [2.45, 2.75) is 31.6 Å². The molecule has 1 aliphatic carbocycles. The SMILES string of the molecule is C=CCOC(=O)[C@]1(c2ccccc2)C[C@@H](CC)C1. The van der Waals surface area contributed by atoms with E-state index in [2.05, 4.69) is 13.5 Å². The van der Waals surface area contributed by atoms with Gasteiger partial charge in [0.05, 0.1) is 5.41 Å². The number of benzene rings is 1. The Hall–Kier alpha value is -1.57. The van der Waals surface area contributed by atoms with Crippen LogP contribution < -0.4 is 0 Å². The molecule has 0 atom stereocenters. The highest BCUT2D eigenvalue weighted by molar-refractivity contribution is 5.84. The number of rotatable bonds is 5. The van der Waals surface area contributed by atoms with Gasteiger partial charge in [0.2, 0.25) is 0 Å². The van der Waals surface area contributed by atoms with Gasteiger partial charge < -0.3 is 4.74 Å². The normalized spacial score (nSPS) is 26.2. The zero-order valence-corrected chi connectivity index (χ0v) is 10.9. The van der Waals surface area contributed by atoms with Crippen LogP contribution in [0.4, 0.5) is 0 Å². The van der Waals surface area contributed by atoms with E-state index in [-0.39, 0.29) is 5.97 Å². The van der Waals surface area contributed by atoms with Gasteiger partial charge in [-0.3, -0.25) is 4.79 Å². The number of ether oxygens (including phenoxy) is 1. The third kappa shape index (κ3) is 2.20. The maximum absolute atomic E-state index is 12.3. The zero-order valence-electron chi connectivity index (χ0n) is 10.9. The average molecular weight is 244 g/mol. The Morgan fingerprint density at radius 2 is 2.11 bits per heavy atom. The monoisotopic (exact) mass is 244 g/mol. The molecule has 0 saturated heterocycles. The average Bonchev–Trinajstić information content (AvgIpc) is 2.37. The molecule has 2 nitrogen and oxygen atoms in total. The van der Waals surface area contributed by atoms with Crippen LogP contribution >= 0.6 is 0 Å². The first kappa shape index (κ1) is 12.9. The molecule has 0 bridgehead atoms. The lowest BCUT2D eigenvalue weighted by Gasteiger charge is -2.45. The van der Waals surface area contributed by atoms with Crippen LogP contribution in [-0.2, 0) is 14.9 Å². The topological polar surface area (TPSA) is 26.3 Å². The summed E-state index contributed by atoms with van der Waals surface area (Å²) in [5.74, 6) is 0.541. The third-order valence-corrected chi connectivity index (χ3v) is 3.90. The summed E-state index contributed by atoms with van der Waals surface area (Å²) < 4.78 is 5.29.